The number of ether oxygens (including phenoxy) is 10. The number of Topliss-reactive ketones (excluding diaryl/α,β-unsaturated/α-hetero) is 1. The van der Waals surface area contributed by atoms with Gasteiger partial charge < -0.3 is 77.7 Å². The average Bonchev–Trinajstić information content (AvgIpc) is 3.52. The Morgan fingerprint density at radius 3 is 2.14 bits per heavy atom. The lowest BCUT2D eigenvalue weighted by Crippen LogP contribution is -2.59. The van der Waals surface area contributed by atoms with Gasteiger partial charge in [0.15, 0.2) is 30.3 Å². The van der Waals surface area contributed by atoms with Gasteiger partial charge in [0.2, 0.25) is 0 Å². The first-order valence-corrected chi connectivity index (χ1v) is 28.6. The Balaban J connectivity index is 1.72. The minimum Gasteiger partial charge on any atom is -0.481 e. The van der Waals surface area contributed by atoms with Gasteiger partial charge in [0.25, 0.3) is 0 Å². The number of aromatic nitrogens is 1. The largest absolute Gasteiger partial charge is 0.481 e. The molecule has 0 spiro atoms. The highest BCUT2D eigenvalue weighted by Crippen LogP contribution is 2.44. The molecule has 22 nitrogen and oxygen atoms in total. The number of ketones is 1. The molecule has 5 heterocycles. The number of carbonyl (C=O) groups excluding carboxylic acids is 3. The number of oxime groups is 1. The first kappa shape index (κ1) is 66.9. The highest BCUT2D eigenvalue weighted by atomic mass is 16.7. The molecule has 22 heteroatoms. The van der Waals surface area contributed by atoms with E-state index in [1.54, 1.807) is 67.8 Å². The molecule has 5 rings (SSSR count). The summed E-state index contributed by atoms with van der Waals surface area (Å²) in [4.78, 5) is 70.8. The minimum absolute atomic E-state index is 0.00175. The van der Waals surface area contributed by atoms with Crippen molar-refractivity contribution in [3.63, 3.8) is 0 Å². The van der Waals surface area contributed by atoms with Crippen LogP contribution in [0.2, 0.25) is 0 Å². The van der Waals surface area contributed by atoms with Gasteiger partial charge in [-0.25, -0.2) is 4.79 Å². The summed E-state index contributed by atoms with van der Waals surface area (Å²) in [5.41, 5.74) is -0.784. The summed E-state index contributed by atoms with van der Waals surface area (Å²) in [6, 6.07) is 3.65. The quantitative estimate of drug-likeness (QED) is 0.102. The molecule has 2 unspecified atom stereocenters. The number of nitrogens with one attached hydrogen (secondary N) is 1. The van der Waals surface area contributed by atoms with Gasteiger partial charge in [-0.15, -0.1) is 0 Å². The van der Waals surface area contributed by atoms with Crippen LogP contribution in [0.25, 0.3) is 0 Å². The first-order chi connectivity index (χ1) is 37.7. The third-order valence-electron chi connectivity index (χ3n) is 17.1. The van der Waals surface area contributed by atoms with E-state index in [1.807, 2.05) is 40.0 Å². The van der Waals surface area contributed by atoms with E-state index in [9.17, 15) is 24.9 Å². The fourth-order valence-corrected chi connectivity index (χ4v) is 12.7. The number of aliphatic hydroxyl groups is 2. The lowest BCUT2D eigenvalue weighted by molar-refractivity contribution is -0.305. The van der Waals surface area contributed by atoms with Gasteiger partial charge in [-0.1, -0.05) is 53.6 Å². The third kappa shape index (κ3) is 16.7. The summed E-state index contributed by atoms with van der Waals surface area (Å²) in [5.74, 6) is -10.6. The molecule has 0 bridgehead atoms. The van der Waals surface area contributed by atoms with Gasteiger partial charge in [-0.05, 0) is 103 Å². The summed E-state index contributed by atoms with van der Waals surface area (Å²) in [7, 11) is 6.28. The van der Waals surface area contributed by atoms with E-state index in [0.29, 0.717) is 19.4 Å². The van der Waals surface area contributed by atoms with Crippen molar-refractivity contribution in [1.29, 1.82) is 0 Å². The van der Waals surface area contributed by atoms with Crippen molar-refractivity contribution in [3.8, 4) is 0 Å². The van der Waals surface area contributed by atoms with Gasteiger partial charge in [0.05, 0.1) is 54.7 Å². The topological polar surface area (TPSA) is 271 Å². The highest BCUT2D eigenvalue weighted by molar-refractivity contribution is 5.92. The Morgan fingerprint density at radius 2 is 1.52 bits per heavy atom. The fourth-order valence-electron chi connectivity index (χ4n) is 12.7. The van der Waals surface area contributed by atoms with E-state index in [1.165, 1.54) is 28.3 Å². The van der Waals surface area contributed by atoms with Crippen molar-refractivity contribution in [2.75, 3.05) is 48.1 Å². The van der Waals surface area contributed by atoms with Crippen molar-refractivity contribution in [2.24, 2.45) is 58.4 Å². The number of carbonyl (C=O) groups is 4. The van der Waals surface area contributed by atoms with E-state index in [-0.39, 0.29) is 43.9 Å². The Labute approximate surface area is 473 Å². The van der Waals surface area contributed by atoms with Crippen molar-refractivity contribution in [2.45, 2.75) is 207 Å². The molecule has 4 fully saturated rings. The van der Waals surface area contributed by atoms with Crippen LogP contribution < -0.4 is 5.32 Å². The van der Waals surface area contributed by atoms with Gasteiger partial charge >= 0.3 is 18.0 Å². The number of alkyl carbamates (subject to hydrolysis) is 1. The van der Waals surface area contributed by atoms with E-state index in [0.717, 1.165) is 5.56 Å². The Kier molecular flexibility index (Phi) is 25.1. The van der Waals surface area contributed by atoms with E-state index >= 15 is 9.59 Å². The van der Waals surface area contributed by atoms with Crippen LogP contribution in [-0.4, -0.2) is 194 Å². The van der Waals surface area contributed by atoms with Gasteiger partial charge in [-0.2, -0.15) is 0 Å². The van der Waals surface area contributed by atoms with Gasteiger partial charge in [0, 0.05) is 76.3 Å². The Morgan fingerprint density at radius 1 is 0.863 bits per heavy atom. The molecular formula is C58H96N4O18. The zero-order valence-corrected chi connectivity index (χ0v) is 50.3. The molecule has 0 saturated carbocycles. The predicted molar refractivity (Wildman–Crippen MR) is 293 cm³/mol. The number of likely N-dealkylation sites (N-methyl/N-ethyl adjacent to an activating group) is 1. The number of aliphatic hydroxyl groups excluding tert-OH is 2. The molecule has 1 amide bonds. The Bertz CT molecular complexity index is 2160. The molecule has 4 aliphatic rings. The van der Waals surface area contributed by atoms with E-state index in [4.69, 9.17) is 52.2 Å². The van der Waals surface area contributed by atoms with Gasteiger partial charge in [-0.3, -0.25) is 19.4 Å². The number of pyridine rings is 1. The van der Waals surface area contributed by atoms with Crippen LogP contribution >= 0.6 is 0 Å². The molecule has 80 heavy (non-hydrogen) atoms. The summed E-state index contributed by atoms with van der Waals surface area (Å²) < 4.78 is 64.1. The summed E-state index contributed by atoms with van der Waals surface area (Å²) in [5, 5.41) is 40.9. The maximum Gasteiger partial charge on any atom is 0.408 e. The van der Waals surface area contributed by atoms with Crippen LogP contribution in [0.15, 0.2) is 29.7 Å². The average molecular weight is 1140 g/mol. The molecule has 4 N–H and O–H groups in total. The lowest BCUT2D eigenvalue weighted by atomic mass is 9.64. The number of methoxy groups -OCH3 is 2. The molecule has 1 aromatic rings. The summed E-state index contributed by atoms with van der Waals surface area (Å²) in [6.07, 6.45) is -8.72. The third-order valence-corrected chi connectivity index (χ3v) is 17.1. The van der Waals surface area contributed by atoms with Crippen molar-refractivity contribution in [3.05, 3.63) is 30.1 Å². The molecular weight excluding hydrogens is 1040 g/mol. The van der Waals surface area contributed by atoms with Crippen molar-refractivity contribution < 1.29 is 86.7 Å². The number of aliphatic carboxylic acids is 1. The van der Waals surface area contributed by atoms with Crippen molar-refractivity contribution >= 4 is 29.5 Å². The van der Waals surface area contributed by atoms with Crippen LogP contribution in [0.4, 0.5) is 4.79 Å². The Hall–Kier alpha value is -3.94. The molecule has 0 aliphatic carbocycles. The number of rotatable bonds is 18. The highest BCUT2D eigenvalue weighted by Gasteiger charge is 2.54. The van der Waals surface area contributed by atoms with E-state index in [2.05, 4.69) is 27.3 Å². The molecule has 0 aromatic carbocycles. The second-order valence-electron chi connectivity index (χ2n) is 23.8. The number of nitrogens with zero attached hydrogens (tertiary/aromatic N) is 3. The summed E-state index contributed by atoms with van der Waals surface area (Å²) >= 11 is 0. The smallest absolute Gasteiger partial charge is 0.408 e. The minimum atomic E-state index is -1.97. The SMILES string of the molecule is CO/N=C1\C[C@@H](C)O[C@@H](O[C@@H]2[C@@H](C)[C@H](O[C@H]3C[C@H](C)N(C)C[C@H](C)O3)[C@@H](C)C(=O)O[C@@H](C(C)CO[C@@H]3O[C@H](C)[C@@H](O)[C@@H](OC)[C@H]3OC)[C@@H](C)[C@@H](C(C(=O)O)C(C)C)[C@@H](C)C(=O)[C@@](C)(OC(=O)NCCc3ccncc3)C[C@@H]2C)[C@@H]1O. The normalized spacial score (nSPS) is 39.6. The van der Waals surface area contributed by atoms with Crippen LogP contribution in [0.1, 0.15) is 115 Å². The zero-order chi connectivity index (χ0) is 59.5. The molecule has 0 radical (unpaired) electrons. The lowest BCUT2D eigenvalue weighted by Gasteiger charge is -2.46. The monoisotopic (exact) mass is 1140 g/mol. The van der Waals surface area contributed by atoms with Gasteiger partial charge in [0.1, 0.15) is 37.6 Å². The second kappa shape index (κ2) is 30.0. The molecule has 23 atom stereocenters. The number of esters is 1. The molecule has 4 saturated heterocycles. The number of carboxylic acid groups (broad SMARTS) is 1. The number of hydrogen-bond acceptors (Lipinski definition) is 20. The maximum atomic E-state index is 16.0. The molecule has 456 valence electrons. The maximum absolute atomic E-state index is 16.0. The first-order valence-electron chi connectivity index (χ1n) is 28.6. The predicted octanol–water partition coefficient (Wildman–Crippen LogP) is 5.66. The van der Waals surface area contributed by atoms with Crippen LogP contribution in [0.3, 0.4) is 0 Å². The number of carboxylic acids is 1. The van der Waals surface area contributed by atoms with Crippen LogP contribution in [0.5, 0.6) is 0 Å². The molecule has 4 aliphatic heterocycles. The van der Waals surface area contributed by atoms with E-state index < -0.39 is 156 Å². The fraction of sp³-hybridized carbons (Fsp3) is 0.828. The van der Waals surface area contributed by atoms with Crippen molar-refractivity contribution in [1.82, 2.24) is 15.2 Å². The number of cyclic esters (lactones) is 1. The summed E-state index contributed by atoms with van der Waals surface area (Å²) in [6.45, 7) is 23.8. The number of amides is 1. The second-order valence-corrected chi connectivity index (χ2v) is 23.8. The number of hydrogen-bond donors (Lipinski definition) is 4. The van der Waals surface area contributed by atoms with Crippen LogP contribution in [-0.2, 0) is 73.0 Å². The zero-order valence-electron chi connectivity index (χ0n) is 50.3. The van der Waals surface area contributed by atoms with Crippen LogP contribution in [0, 0.1) is 53.3 Å². The molecule has 1 aromatic heterocycles. The standard InChI is InChI=1S/C58H96N4O18/c1-29(2)43(53(66)67)44-35(8)48(31(4)28-73-56-51(71-16)50(70-15)45(63)39(12)76-56)78-54(68)38(11)49(77-42-24-32(5)62(14)27-34(7)74-42)37(10)47(79-55-46(64)41(61-72-17)25-33(6)75-55)30(3)26-58(13,52(65)36(44)9)80-57(69)60-23-20-40-18-21-59-22-19-40/h18-19,21-22,29-39,42-51,55-56,63-64H,20,23-28H2,1-17H3,(H,60,69)(H,66,67)/b61-41+/t30-,31?,32-,33+,34-,35-,36+,37+,38+,39+,42-,43?,44+,45+,46+,47-,48-,49-,50+,51+,55-,56+,58-/m0/s1.